The van der Waals surface area contributed by atoms with Crippen molar-refractivity contribution in [2.45, 2.75) is 31.9 Å². The van der Waals surface area contributed by atoms with E-state index in [1.165, 1.54) is 0 Å². The zero-order chi connectivity index (χ0) is 9.78. The van der Waals surface area contributed by atoms with Crippen molar-refractivity contribution < 1.29 is 4.79 Å². The third-order valence-corrected chi connectivity index (χ3v) is 6.19. The first-order valence-corrected chi connectivity index (χ1v) is 5.77. The molecule has 0 aromatic rings. The highest BCUT2D eigenvalue weighted by Gasteiger charge is 2.72. The summed E-state index contributed by atoms with van der Waals surface area (Å²) < 4.78 is -0.668. The van der Waals surface area contributed by atoms with Gasteiger partial charge in [-0.2, -0.15) is 0 Å². The summed E-state index contributed by atoms with van der Waals surface area (Å²) in [5, 5.41) is 0. The van der Waals surface area contributed by atoms with Crippen LogP contribution in [0.5, 0.6) is 0 Å². The third-order valence-electron chi connectivity index (χ3n) is 2.85. The number of ketones is 1. The SMILES string of the molecule is CC1(C)C(=O)C(C)(C)C1(Cl)SCl. The van der Waals surface area contributed by atoms with Crippen LogP contribution in [-0.4, -0.2) is 9.99 Å². The maximum absolute atomic E-state index is 11.6. The molecule has 70 valence electrons. The van der Waals surface area contributed by atoms with Gasteiger partial charge in [-0.1, -0.05) is 27.7 Å². The molecule has 0 radical (unpaired) electrons. The van der Waals surface area contributed by atoms with Crippen LogP contribution in [0.15, 0.2) is 0 Å². The van der Waals surface area contributed by atoms with E-state index in [9.17, 15) is 4.79 Å². The topological polar surface area (TPSA) is 17.1 Å². The highest BCUT2D eigenvalue weighted by molar-refractivity contribution is 8.23. The van der Waals surface area contributed by atoms with E-state index in [1.54, 1.807) is 0 Å². The molecule has 1 fully saturated rings. The minimum absolute atomic E-state index is 0.179. The molecule has 0 aliphatic heterocycles. The first-order chi connectivity index (χ1) is 5.22. The van der Waals surface area contributed by atoms with Crippen LogP contribution >= 0.6 is 33.3 Å². The number of carbonyl (C=O) groups excluding carboxylic acids is 1. The average molecular weight is 227 g/mol. The molecule has 4 heteroatoms. The van der Waals surface area contributed by atoms with Crippen LogP contribution in [0, 0.1) is 10.8 Å². The van der Waals surface area contributed by atoms with Crippen LogP contribution in [-0.2, 0) is 4.79 Å². The number of hydrogen-bond donors (Lipinski definition) is 0. The molecule has 1 nitrogen and oxygen atoms in total. The second kappa shape index (κ2) is 2.55. The van der Waals surface area contributed by atoms with Crippen LogP contribution < -0.4 is 0 Å². The van der Waals surface area contributed by atoms with E-state index in [1.807, 2.05) is 27.7 Å². The highest BCUT2D eigenvalue weighted by atomic mass is 35.7. The van der Waals surface area contributed by atoms with Gasteiger partial charge in [-0.05, 0) is 21.7 Å². The van der Waals surface area contributed by atoms with Crippen molar-refractivity contribution in [3.8, 4) is 0 Å². The molecule has 0 aromatic carbocycles. The molecule has 12 heavy (non-hydrogen) atoms. The summed E-state index contributed by atoms with van der Waals surface area (Å²) in [5.41, 5.74) is -1.05. The molecule has 1 aliphatic rings. The number of Topliss-reactive ketones (excluding diaryl/α,β-unsaturated/α-hetero) is 1. The van der Waals surface area contributed by atoms with Crippen molar-refractivity contribution in [1.29, 1.82) is 0 Å². The van der Waals surface area contributed by atoms with Gasteiger partial charge in [0.05, 0.1) is 10.8 Å². The Morgan fingerprint density at radius 1 is 1.17 bits per heavy atom. The lowest BCUT2D eigenvalue weighted by atomic mass is 9.54. The minimum atomic E-state index is -0.668. The average Bonchev–Trinajstić information content (AvgIpc) is 2.00. The molecule has 0 N–H and O–H groups in total. The Hall–Kier alpha value is 0.600. The van der Waals surface area contributed by atoms with E-state index in [0.29, 0.717) is 0 Å². The van der Waals surface area contributed by atoms with Gasteiger partial charge in [-0.25, -0.2) is 0 Å². The lowest BCUT2D eigenvalue weighted by Gasteiger charge is -2.59. The smallest absolute Gasteiger partial charge is 0.149 e. The molecule has 1 rings (SSSR count). The van der Waals surface area contributed by atoms with Gasteiger partial charge in [0, 0.05) is 0 Å². The third kappa shape index (κ3) is 0.865. The van der Waals surface area contributed by atoms with Crippen molar-refractivity contribution in [2.75, 3.05) is 0 Å². The zero-order valence-corrected chi connectivity index (χ0v) is 9.90. The summed E-state index contributed by atoms with van der Waals surface area (Å²) in [4.78, 5) is 11.6. The molecule has 1 saturated carbocycles. The number of carbonyl (C=O) groups is 1. The Morgan fingerprint density at radius 2 is 1.50 bits per heavy atom. The van der Waals surface area contributed by atoms with Gasteiger partial charge in [0.15, 0.2) is 0 Å². The first-order valence-electron chi connectivity index (χ1n) is 3.75. The molecule has 0 aromatic heterocycles. The van der Waals surface area contributed by atoms with Crippen molar-refractivity contribution >= 4 is 39.0 Å². The van der Waals surface area contributed by atoms with Gasteiger partial charge in [-0.3, -0.25) is 4.79 Å². The molecule has 0 atom stereocenters. The zero-order valence-electron chi connectivity index (χ0n) is 7.57. The van der Waals surface area contributed by atoms with Gasteiger partial charge >= 0.3 is 0 Å². The number of alkyl halides is 1. The van der Waals surface area contributed by atoms with Crippen LogP contribution in [0.1, 0.15) is 27.7 Å². The largest absolute Gasteiger partial charge is 0.298 e. The van der Waals surface area contributed by atoms with Gasteiger partial charge in [0.1, 0.15) is 9.99 Å². The predicted molar refractivity (Wildman–Crippen MR) is 54.6 cm³/mol. The summed E-state index contributed by atoms with van der Waals surface area (Å²) in [5.74, 6) is 0.179. The fraction of sp³-hybridized carbons (Fsp3) is 0.875. The molecular weight excluding hydrogens is 215 g/mol. The molecule has 0 spiro atoms. The predicted octanol–water partition coefficient (Wildman–Crippen LogP) is 3.44. The fourth-order valence-electron chi connectivity index (χ4n) is 1.98. The van der Waals surface area contributed by atoms with E-state index >= 15 is 0 Å². The molecule has 0 unspecified atom stereocenters. The number of rotatable bonds is 1. The normalized spacial score (nSPS) is 29.7. The number of hydrogen-bond acceptors (Lipinski definition) is 2. The van der Waals surface area contributed by atoms with Crippen LogP contribution in [0.25, 0.3) is 0 Å². The van der Waals surface area contributed by atoms with E-state index in [2.05, 4.69) is 0 Å². The summed E-state index contributed by atoms with van der Waals surface area (Å²) in [6.45, 7) is 7.35. The van der Waals surface area contributed by atoms with E-state index < -0.39 is 15.0 Å². The summed E-state index contributed by atoms with van der Waals surface area (Å²) in [6.07, 6.45) is 0. The van der Waals surface area contributed by atoms with Crippen molar-refractivity contribution in [3.05, 3.63) is 0 Å². The summed E-state index contributed by atoms with van der Waals surface area (Å²) in [7, 11) is 6.76. The standard InChI is InChI=1S/C8H12Cl2OS/c1-6(2)5(11)7(3,4)8(6,9)12-10/h1-4H3. The van der Waals surface area contributed by atoms with Gasteiger partial charge in [0.25, 0.3) is 0 Å². The van der Waals surface area contributed by atoms with E-state index in [0.717, 1.165) is 11.0 Å². The van der Waals surface area contributed by atoms with Crippen LogP contribution in [0.4, 0.5) is 0 Å². The first kappa shape index (κ1) is 10.7. The second-order valence-electron chi connectivity index (χ2n) is 4.25. The summed E-state index contributed by atoms with van der Waals surface area (Å²) >= 11 is 6.28. The Morgan fingerprint density at radius 3 is 1.67 bits per heavy atom. The number of halogens is 2. The minimum Gasteiger partial charge on any atom is -0.298 e. The van der Waals surface area contributed by atoms with Crippen molar-refractivity contribution in [3.63, 3.8) is 0 Å². The Balaban J connectivity index is 3.10. The summed E-state index contributed by atoms with van der Waals surface area (Å²) in [6, 6.07) is 0. The monoisotopic (exact) mass is 226 g/mol. The molecule has 0 bridgehead atoms. The Bertz CT molecular complexity index is 217. The lowest BCUT2D eigenvalue weighted by molar-refractivity contribution is -0.153. The van der Waals surface area contributed by atoms with Crippen LogP contribution in [0.3, 0.4) is 0 Å². The molecular formula is C8H12Cl2OS. The Labute approximate surface area is 86.7 Å². The van der Waals surface area contributed by atoms with Crippen molar-refractivity contribution in [2.24, 2.45) is 10.8 Å². The molecule has 0 saturated heterocycles. The van der Waals surface area contributed by atoms with E-state index in [-0.39, 0.29) is 5.78 Å². The Kier molecular flexibility index (Phi) is 2.27. The lowest BCUT2D eigenvalue weighted by Crippen LogP contribution is -2.69. The van der Waals surface area contributed by atoms with Gasteiger partial charge < -0.3 is 0 Å². The second-order valence-corrected chi connectivity index (χ2v) is 6.27. The van der Waals surface area contributed by atoms with E-state index in [4.69, 9.17) is 22.3 Å². The molecule has 0 heterocycles. The molecule has 1 aliphatic carbocycles. The quantitative estimate of drug-likeness (QED) is 0.638. The maximum atomic E-state index is 11.6. The van der Waals surface area contributed by atoms with Crippen molar-refractivity contribution in [1.82, 2.24) is 0 Å². The van der Waals surface area contributed by atoms with Gasteiger partial charge in [0.2, 0.25) is 0 Å². The van der Waals surface area contributed by atoms with Crippen LogP contribution in [0.2, 0.25) is 0 Å². The van der Waals surface area contributed by atoms with Gasteiger partial charge in [-0.15, -0.1) is 11.6 Å². The molecule has 0 amide bonds. The highest BCUT2D eigenvalue weighted by Crippen LogP contribution is 2.68. The maximum Gasteiger partial charge on any atom is 0.149 e. The fourth-order valence-corrected chi connectivity index (χ4v) is 3.89.